The Labute approximate surface area is 410 Å². The highest BCUT2D eigenvalue weighted by Gasteiger charge is 2.50. The van der Waals surface area contributed by atoms with Gasteiger partial charge in [-0.25, -0.2) is 28.6 Å². The molecule has 0 bridgehead atoms. The summed E-state index contributed by atoms with van der Waals surface area (Å²) in [6.45, 7) is 7.00. The van der Waals surface area contributed by atoms with Gasteiger partial charge in [0.05, 0.1) is 19.5 Å². The van der Waals surface area contributed by atoms with Crippen molar-refractivity contribution in [3.63, 3.8) is 0 Å². The molecule has 1 aliphatic rings. The number of hydrogen-bond donors (Lipinski definition) is 9. The lowest BCUT2D eigenvalue weighted by Crippen LogP contribution is -2.46. The maximum Gasteiger partial charge on any atom is 0.481 e. The van der Waals surface area contributed by atoms with Crippen molar-refractivity contribution < 1.29 is 84.9 Å². The molecule has 10 N–H and O–H groups in total. The van der Waals surface area contributed by atoms with E-state index in [1.54, 1.807) is 0 Å². The van der Waals surface area contributed by atoms with E-state index in [1.807, 2.05) is 0 Å². The molecule has 3 aromatic heterocycles. The Morgan fingerprint density at radius 2 is 1.51 bits per heavy atom. The molecule has 25 nitrogen and oxygen atoms in total. The van der Waals surface area contributed by atoms with E-state index in [4.69, 9.17) is 23.9 Å². The summed E-state index contributed by atoms with van der Waals surface area (Å²) in [4.78, 5) is 88.7. The molecule has 4 rings (SSSR count). The van der Waals surface area contributed by atoms with Gasteiger partial charge in [0.15, 0.2) is 22.8 Å². The average molecular weight is 1070 g/mol. The van der Waals surface area contributed by atoms with Crippen LogP contribution in [0, 0.1) is 19.3 Å². The van der Waals surface area contributed by atoms with Crippen molar-refractivity contribution >= 4 is 69.1 Å². The molecule has 29 heteroatoms. The van der Waals surface area contributed by atoms with Crippen LogP contribution in [0.25, 0.3) is 11.2 Å². The molecule has 4 heterocycles. The average Bonchev–Trinajstić information content (AvgIpc) is 3.93. The number of anilines is 1. The number of aromatic nitrogens is 4. The Bertz CT molecular complexity index is 2350. The van der Waals surface area contributed by atoms with E-state index in [0.29, 0.717) is 12.2 Å². The second kappa shape index (κ2) is 27.2. The molecular weight excluding hydrogens is 1000 g/mol. The predicted octanol–water partition coefficient (Wildman–Crippen LogP) is 4.58. The Hall–Kier alpha value is -3.16. The Morgan fingerprint density at radius 3 is 2.16 bits per heavy atom. The zero-order valence-corrected chi connectivity index (χ0v) is 43.5. The van der Waals surface area contributed by atoms with Crippen LogP contribution in [0.3, 0.4) is 0 Å². The van der Waals surface area contributed by atoms with Gasteiger partial charge >= 0.3 is 23.5 Å². The first kappa shape index (κ1) is 59.4. The van der Waals surface area contributed by atoms with Gasteiger partial charge in [0, 0.05) is 49.9 Å². The third kappa shape index (κ3) is 18.7. The molecule has 1 fully saturated rings. The molecule has 7 unspecified atom stereocenters. The summed E-state index contributed by atoms with van der Waals surface area (Å²) < 4.78 is 68.7. The number of nitrogens with two attached hydrogens (primary N) is 1. The minimum absolute atomic E-state index is 0.0310. The molecular formula is C41H68N7O18P3S. The van der Waals surface area contributed by atoms with Crippen LogP contribution in [-0.2, 0) is 63.5 Å². The highest BCUT2D eigenvalue weighted by atomic mass is 32.2. The second-order valence-electron chi connectivity index (χ2n) is 17.6. The first-order chi connectivity index (χ1) is 32.8. The molecule has 3 aromatic rings. The number of nitrogens with zero attached hydrogens (tertiary/aromatic N) is 4. The first-order valence-electron chi connectivity index (χ1n) is 23.0. The number of furan rings is 1. The number of aliphatic hydroxyl groups is 2. The van der Waals surface area contributed by atoms with Crippen LogP contribution in [-0.4, -0.2) is 123 Å². The number of amides is 2. The van der Waals surface area contributed by atoms with Gasteiger partial charge < -0.3 is 55.3 Å². The normalized spacial score (nSPS) is 19.8. The lowest BCUT2D eigenvalue weighted by Gasteiger charge is -2.30. The first-order valence-corrected chi connectivity index (χ1v) is 28.5. The minimum Gasteiger partial charge on any atom is -0.466 e. The van der Waals surface area contributed by atoms with Crippen LogP contribution in [0.2, 0.25) is 0 Å². The van der Waals surface area contributed by atoms with Crippen LogP contribution < -0.4 is 16.4 Å². The number of thioether (sulfide) groups is 1. The van der Waals surface area contributed by atoms with Crippen molar-refractivity contribution in [3.8, 4) is 0 Å². The standard InChI is InChI=1S/C41H68N7O18P3S/c1-6-7-8-9-12-15-28-26(2)27(3)29(63-28)16-13-10-11-14-17-32(50)70-21-20-43-31(49)18-19-44-39(53)36(52)41(4,5)23-62-69(59,60)66-68(57,58)61-22-30-35(65-67(54,55)56)34(51)40(64-30)48-25-47-33-37(42)45-24-46-38(33)48/h24-25,30,34-36,40,51-52H,6-23H2,1-5H3,(H,43,49)(H,44,53)(H,57,58)(H,59,60)(H2,42,45,46)(H2,54,55,56). The highest BCUT2D eigenvalue weighted by Crippen LogP contribution is 2.61. The molecule has 0 aliphatic carbocycles. The fraction of sp³-hybridized carbons (Fsp3) is 0.707. The number of unbranched alkanes of at least 4 members (excludes halogenated alkanes) is 7. The largest absolute Gasteiger partial charge is 0.481 e. The predicted molar refractivity (Wildman–Crippen MR) is 255 cm³/mol. The van der Waals surface area contributed by atoms with Crippen LogP contribution >= 0.6 is 35.2 Å². The van der Waals surface area contributed by atoms with Crippen LogP contribution in [0.4, 0.5) is 5.82 Å². The number of phosphoric ester groups is 3. The number of aliphatic hydroxyl groups excluding tert-OH is 2. The number of phosphoric acid groups is 3. The number of ether oxygens (including phenoxy) is 1. The molecule has 1 aliphatic heterocycles. The summed E-state index contributed by atoms with van der Waals surface area (Å²) in [5.74, 6) is 1.10. The third-order valence-corrected chi connectivity index (χ3v) is 15.5. The van der Waals surface area contributed by atoms with Gasteiger partial charge in [0.1, 0.15) is 47.8 Å². The molecule has 7 atom stereocenters. The molecule has 1 saturated heterocycles. The van der Waals surface area contributed by atoms with Gasteiger partial charge in [0.2, 0.25) is 11.8 Å². The van der Waals surface area contributed by atoms with Crippen molar-refractivity contribution in [1.82, 2.24) is 30.2 Å². The van der Waals surface area contributed by atoms with E-state index in [2.05, 4.69) is 55.2 Å². The van der Waals surface area contributed by atoms with Crippen LogP contribution in [0.5, 0.6) is 0 Å². The van der Waals surface area contributed by atoms with Gasteiger partial charge in [-0.3, -0.25) is 32.5 Å². The SMILES string of the molecule is CCCCCCCc1oc(CCCCCCC(=O)SCCNC(=O)CCNC(=O)C(O)C(C)(C)COP(=O)(O)OP(=O)(O)OCC2OC(n3cnc4c(N)ncnc43)C(O)C2OP(=O)(O)O)c(C)c1C. The summed E-state index contributed by atoms with van der Waals surface area (Å²) in [5, 5.41) is 26.7. The maximum atomic E-state index is 12.8. The number of carbonyl (C=O) groups excluding carboxylic acids is 3. The minimum atomic E-state index is -5.58. The van der Waals surface area contributed by atoms with Crippen molar-refractivity contribution in [2.45, 2.75) is 149 Å². The van der Waals surface area contributed by atoms with E-state index < -0.39 is 84.6 Å². The maximum absolute atomic E-state index is 12.8. The quantitative estimate of drug-likeness (QED) is 0.0305. The van der Waals surface area contributed by atoms with Gasteiger partial charge in [-0.2, -0.15) is 4.31 Å². The van der Waals surface area contributed by atoms with Crippen molar-refractivity contribution in [2.75, 3.05) is 37.8 Å². The fourth-order valence-corrected chi connectivity index (χ4v) is 10.9. The molecule has 0 radical (unpaired) electrons. The van der Waals surface area contributed by atoms with Crippen molar-refractivity contribution in [2.24, 2.45) is 5.41 Å². The summed E-state index contributed by atoms with van der Waals surface area (Å²) in [6, 6.07) is 0. The smallest absolute Gasteiger partial charge is 0.466 e. The van der Waals surface area contributed by atoms with E-state index in [9.17, 15) is 57.9 Å². The Balaban J connectivity index is 1.09. The van der Waals surface area contributed by atoms with Crippen molar-refractivity contribution in [3.05, 3.63) is 35.3 Å². The second-order valence-corrected chi connectivity index (χ2v) is 23.0. The van der Waals surface area contributed by atoms with Crippen LogP contribution in [0.1, 0.15) is 120 Å². The molecule has 2 amide bonds. The van der Waals surface area contributed by atoms with Crippen molar-refractivity contribution in [1.29, 1.82) is 0 Å². The topological polar surface area (TPSA) is 377 Å². The van der Waals surface area contributed by atoms with E-state index in [1.165, 1.54) is 50.7 Å². The monoisotopic (exact) mass is 1070 g/mol. The van der Waals surface area contributed by atoms with Gasteiger partial charge in [-0.1, -0.05) is 71.1 Å². The van der Waals surface area contributed by atoms with Crippen LogP contribution in [0.15, 0.2) is 17.1 Å². The van der Waals surface area contributed by atoms with Gasteiger partial charge in [-0.05, 0) is 44.2 Å². The number of imidazole rings is 1. The summed E-state index contributed by atoms with van der Waals surface area (Å²) in [5.41, 5.74) is 6.78. The molecule has 0 saturated carbocycles. The lowest BCUT2D eigenvalue weighted by molar-refractivity contribution is -0.137. The summed E-state index contributed by atoms with van der Waals surface area (Å²) >= 11 is 1.13. The molecule has 0 aromatic carbocycles. The molecule has 396 valence electrons. The number of hydrogen-bond acceptors (Lipinski definition) is 19. The number of nitrogens with one attached hydrogen (secondary N) is 2. The number of aryl methyl sites for hydroxylation is 2. The van der Waals surface area contributed by atoms with Gasteiger partial charge in [-0.15, -0.1) is 0 Å². The number of fused-ring (bicyclic) bond motifs is 1. The van der Waals surface area contributed by atoms with Gasteiger partial charge in [0.25, 0.3) is 0 Å². The fourth-order valence-electron chi connectivity index (χ4n) is 7.36. The number of nitrogen functional groups attached to an aromatic ring is 1. The van der Waals surface area contributed by atoms with E-state index in [0.717, 1.165) is 85.4 Å². The number of carbonyl (C=O) groups is 3. The summed E-state index contributed by atoms with van der Waals surface area (Å²) in [7, 11) is -16.4. The molecule has 70 heavy (non-hydrogen) atoms. The highest BCUT2D eigenvalue weighted by molar-refractivity contribution is 8.13. The zero-order valence-electron chi connectivity index (χ0n) is 40.0. The molecule has 0 spiro atoms. The Morgan fingerprint density at radius 1 is 0.886 bits per heavy atom. The van der Waals surface area contributed by atoms with E-state index >= 15 is 0 Å². The summed E-state index contributed by atoms with van der Waals surface area (Å²) in [6.07, 6.45) is 5.19. The Kier molecular flexibility index (Phi) is 23.1. The zero-order chi connectivity index (χ0) is 51.9. The third-order valence-electron chi connectivity index (χ3n) is 11.5. The number of rotatable bonds is 32. The van der Waals surface area contributed by atoms with E-state index in [-0.39, 0.29) is 41.6 Å². The lowest BCUT2D eigenvalue weighted by atomic mass is 9.87.